The predicted octanol–water partition coefficient (Wildman–Crippen LogP) is 1.76. The quantitative estimate of drug-likeness (QED) is 0.672. The largest absolute Gasteiger partial charge is 0.381 e. The monoisotopic (exact) mass is 354 g/mol. The fourth-order valence-corrected chi connectivity index (χ4v) is 3.88. The fraction of sp³-hybridized carbons (Fsp3) is 0.526. The zero-order valence-corrected chi connectivity index (χ0v) is 15.5. The van der Waals surface area contributed by atoms with Crippen molar-refractivity contribution in [3.8, 4) is 5.82 Å². The van der Waals surface area contributed by atoms with E-state index in [1.54, 1.807) is 6.20 Å². The average Bonchev–Trinajstić information content (AvgIpc) is 3.40. The molecule has 4 rings (SSSR count). The molecule has 2 saturated heterocycles. The summed E-state index contributed by atoms with van der Waals surface area (Å²) in [6.45, 7) is 6.54. The van der Waals surface area contributed by atoms with Gasteiger partial charge in [0.15, 0.2) is 5.96 Å². The Bertz CT molecular complexity index is 776. The minimum atomic E-state index is 0.337. The topological polar surface area (TPSA) is 67.6 Å². The number of nitrogens with one attached hydrogen (secondary N) is 1. The van der Waals surface area contributed by atoms with E-state index in [0.29, 0.717) is 12.0 Å². The van der Waals surface area contributed by atoms with Crippen LogP contribution in [-0.2, 0) is 11.3 Å². The molecule has 0 aliphatic carbocycles. The Morgan fingerprint density at radius 1 is 1.35 bits per heavy atom. The molecule has 1 spiro atoms. The summed E-state index contributed by atoms with van der Waals surface area (Å²) in [6, 6.07) is 4.12. The molecule has 2 aromatic rings. The van der Waals surface area contributed by atoms with Gasteiger partial charge < -0.3 is 15.0 Å². The third-order valence-corrected chi connectivity index (χ3v) is 5.47. The van der Waals surface area contributed by atoms with Crippen LogP contribution >= 0.6 is 0 Å². The molecule has 0 bridgehead atoms. The fourth-order valence-electron chi connectivity index (χ4n) is 3.88. The van der Waals surface area contributed by atoms with Crippen LogP contribution in [0.4, 0.5) is 0 Å². The molecule has 26 heavy (non-hydrogen) atoms. The number of guanidine groups is 1. The van der Waals surface area contributed by atoms with Crippen LogP contribution in [0.5, 0.6) is 0 Å². The zero-order chi connectivity index (χ0) is 18.0. The average molecular weight is 354 g/mol. The zero-order valence-electron chi connectivity index (χ0n) is 15.5. The SMILES string of the molecule is CN=C(NCc1ccc(-n2ccnc2C)nc1)N1CCC2(CCOC2)C1. The van der Waals surface area contributed by atoms with Gasteiger partial charge in [-0.25, -0.2) is 9.97 Å². The van der Waals surface area contributed by atoms with Gasteiger partial charge in [0, 0.05) is 57.3 Å². The molecule has 4 heterocycles. The van der Waals surface area contributed by atoms with Crippen molar-refractivity contribution in [2.24, 2.45) is 10.4 Å². The van der Waals surface area contributed by atoms with Gasteiger partial charge in [-0.15, -0.1) is 0 Å². The molecule has 0 amide bonds. The van der Waals surface area contributed by atoms with Gasteiger partial charge in [0.05, 0.1) is 6.61 Å². The number of rotatable bonds is 3. The lowest BCUT2D eigenvalue weighted by Gasteiger charge is -2.25. The van der Waals surface area contributed by atoms with Crippen molar-refractivity contribution in [3.05, 3.63) is 42.1 Å². The minimum absolute atomic E-state index is 0.337. The van der Waals surface area contributed by atoms with Crippen molar-refractivity contribution >= 4 is 5.96 Å². The van der Waals surface area contributed by atoms with E-state index in [-0.39, 0.29) is 0 Å². The van der Waals surface area contributed by atoms with Crippen LogP contribution in [0.1, 0.15) is 24.2 Å². The number of aromatic nitrogens is 3. The number of ether oxygens (including phenoxy) is 1. The highest BCUT2D eigenvalue weighted by molar-refractivity contribution is 5.80. The van der Waals surface area contributed by atoms with Crippen LogP contribution in [0.15, 0.2) is 35.7 Å². The van der Waals surface area contributed by atoms with Gasteiger partial charge in [0.25, 0.3) is 0 Å². The van der Waals surface area contributed by atoms with Gasteiger partial charge in [0.1, 0.15) is 11.6 Å². The number of imidazole rings is 1. The Morgan fingerprint density at radius 2 is 2.27 bits per heavy atom. The van der Waals surface area contributed by atoms with E-state index in [2.05, 4.69) is 31.2 Å². The Labute approximate surface area is 154 Å². The van der Waals surface area contributed by atoms with Crippen molar-refractivity contribution in [1.29, 1.82) is 0 Å². The summed E-state index contributed by atoms with van der Waals surface area (Å²) in [5.41, 5.74) is 1.47. The van der Waals surface area contributed by atoms with Gasteiger partial charge in [-0.2, -0.15) is 0 Å². The highest BCUT2D eigenvalue weighted by atomic mass is 16.5. The van der Waals surface area contributed by atoms with E-state index in [1.807, 2.05) is 37.0 Å². The van der Waals surface area contributed by atoms with Gasteiger partial charge in [-0.05, 0) is 31.4 Å². The maximum atomic E-state index is 5.62. The molecular weight excluding hydrogens is 328 g/mol. The number of likely N-dealkylation sites (tertiary alicyclic amines) is 1. The summed E-state index contributed by atoms with van der Waals surface area (Å²) < 4.78 is 7.60. The first-order valence-corrected chi connectivity index (χ1v) is 9.18. The number of aliphatic imine (C=N–C) groups is 1. The van der Waals surface area contributed by atoms with Crippen molar-refractivity contribution < 1.29 is 4.74 Å². The summed E-state index contributed by atoms with van der Waals surface area (Å²) in [7, 11) is 1.85. The van der Waals surface area contributed by atoms with Crippen molar-refractivity contribution in [1.82, 2.24) is 24.8 Å². The highest BCUT2D eigenvalue weighted by Gasteiger charge is 2.42. The van der Waals surface area contributed by atoms with E-state index >= 15 is 0 Å². The Balaban J connectivity index is 1.36. The second-order valence-electron chi connectivity index (χ2n) is 7.24. The standard InChI is InChI=1S/C19H26N6O/c1-15-21-7-9-25(15)17-4-3-16(11-22-17)12-23-18(20-2)24-8-5-19(13-24)6-10-26-14-19/h3-4,7,9,11H,5-6,8,10,12-14H2,1-2H3,(H,20,23). The molecule has 138 valence electrons. The molecule has 1 N–H and O–H groups in total. The molecule has 2 aromatic heterocycles. The second-order valence-corrected chi connectivity index (χ2v) is 7.24. The molecular formula is C19H26N6O. The molecule has 7 heteroatoms. The number of aryl methyl sites for hydroxylation is 1. The van der Waals surface area contributed by atoms with Gasteiger partial charge >= 0.3 is 0 Å². The number of hydrogen-bond donors (Lipinski definition) is 1. The Morgan fingerprint density at radius 3 is 2.92 bits per heavy atom. The summed E-state index contributed by atoms with van der Waals surface area (Å²) in [4.78, 5) is 15.6. The van der Waals surface area contributed by atoms with E-state index in [4.69, 9.17) is 4.74 Å². The first-order valence-electron chi connectivity index (χ1n) is 9.18. The van der Waals surface area contributed by atoms with Crippen LogP contribution in [0.25, 0.3) is 5.82 Å². The molecule has 0 saturated carbocycles. The lowest BCUT2D eigenvalue weighted by atomic mass is 9.87. The van der Waals surface area contributed by atoms with Crippen LogP contribution in [-0.4, -0.2) is 58.7 Å². The third-order valence-electron chi connectivity index (χ3n) is 5.47. The van der Waals surface area contributed by atoms with Gasteiger partial charge in [-0.1, -0.05) is 6.07 Å². The van der Waals surface area contributed by atoms with E-state index in [9.17, 15) is 0 Å². The number of nitrogens with zero attached hydrogens (tertiary/aromatic N) is 5. The third kappa shape index (κ3) is 3.31. The lowest BCUT2D eigenvalue weighted by Crippen LogP contribution is -2.41. The lowest BCUT2D eigenvalue weighted by molar-refractivity contribution is 0.156. The Kier molecular flexibility index (Phi) is 4.63. The molecule has 1 atom stereocenters. The molecule has 2 aliphatic rings. The predicted molar refractivity (Wildman–Crippen MR) is 100 cm³/mol. The Hall–Kier alpha value is -2.41. The summed E-state index contributed by atoms with van der Waals surface area (Å²) >= 11 is 0. The summed E-state index contributed by atoms with van der Waals surface area (Å²) in [5.74, 6) is 2.78. The second kappa shape index (κ2) is 7.07. The smallest absolute Gasteiger partial charge is 0.193 e. The first kappa shape index (κ1) is 17.0. The summed E-state index contributed by atoms with van der Waals surface area (Å²) in [6.07, 6.45) is 7.97. The summed E-state index contributed by atoms with van der Waals surface area (Å²) in [5, 5.41) is 3.48. The van der Waals surface area contributed by atoms with Crippen molar-refractivity contribution in [3.63, 3.8) is 0 Å². The van der Waals surface area contributed by atoms with Crippen molar-refractivity contribution in [2.45, 2.75) is 26.3 Å². The van der Waals surface area contributed by atoms with Crippen LogP contribution in [0, 0.1) is 12.3 Å². The van der Waals surface area contributed by atoms with E-state index in [0.717, 1.165) is 49.5 Å². The van der Waals surface area contributed by atoms with Crippen LogP contribution in [0.2, 0.25) is 0 Å². The molecule has 7 nitrogen and oxygen atoms in total. The van der Waals surface area contributed by atoms with E-state index in [1.165, 1.54) is 12.8 Å². The van der Waals surface area contributed by atoms with Crippen molar-refractivity contribution in [2.75, 3.05) is 33.4 Å². The first-order chi connectivity index (χ1) is 12.7. The number of pyridine rings is 1. The van der Waals surface area contributed by atoms with Gasteiger partial charge in [-0.3, -0.25) is 9.56 Å². The van der Waals surface area contributed by atoms with E-state index < -0.39 is 0 Å². The maximum Gasteiger partial charge on any atom is 0.193 e. The normalized spacial score (nSPS) is 23.2. The van der Waals surface area contributed by atoms with Gasteiger partial charge in [0.2, 0.25) is 0 Å². The maximum absolute atomic E-state index is 5.62. The molecule has 2 fully saturated rings. The molecule has 0 aromatic carbocycles. The van der Waals surface area contributed by atoms with Crippen LogP contribution in [0.3, 0.4) is 0 Å². The number of hydrogen-bond acceptors (Lipinski definition) is 4. The van der Waals surface area contributed by atoms with Crippen LogP contribution < -0.4 is 5.32 Å². The molecule has 0 radical (unpaired) electrons. The highest BCUT2D eigenvalue weighted by Crippen LogP contribution is 2.38. The molecule has 2 aliphatic heterocycles. The minimum Gasteiger partial charge on any atom is -0.381 e. The molecule has 1 unspecified atom stereocenters.